The number of nitrogens with zero attached hydrogens (tertiary/aromatic N) is 2. The quantitative estimate of drug-likeness (QED) is 0.687. The number of phenolic OH excluding ortho intramolecular Hbond substituents is 1. The summed E-state index contributed by atoms with van der Waals surface area (Å²) in [6.45, 7) is 0.259. The molecule has 2 aromatic carbocycles. The van der Waals surface area contributed by atoms with Crippen molar-refractivity contribution >= 4 is 17.5 Å². The minimum atomic E-state index is -0.997. The molecule has 6 nitrogen and oxygen atoms in total. The number of aromatic nitrogens is 1. The van der Waals surface area contributed by atoms with E-state index < -0.39 is 23.2 Å². The Morgan fingerprint density at radius 3 is 2.83 bits per heavy atom. The molecule has 1 spiro atoms. The number of para-hydroxylation sites is 1. The van der Waals surface area contributed by atoms with E-state index in [1.807, 2.05) is 30.3 Å². The lowest BCUT2D eigenvalue weighted by Gasteiger charge is -2.34. The van der Waals surface area contributed by atoms with E-state index in [-0.39, 0.29) is 23.8 Å². The van der Waals surface area contributed by atoms with Crippen LogP contribution in [-0.2, 0) is 10.2 Å². The number of halogens is 1. The highest BCUT2D eigenvalue weighted by molar-refractivity contribution is 6.08. The summed E-state index contributed by atoms with van der Waals surface area (Å²) in [5, 5.41) is 12.7. The van der Waals surface area contributed by atoms with Crippen LogP contribution in [0.2, 0.25) is 0 Å². The number of fused-ring (bicyclic) bond motifs is 2. The average molecular weight is 403 g/mol. The third kappa shape index (κ3) is 2.51. The predicted molar refractivity (Wildman–Crippen MR) is 107 cm³/mol. The molecule has 2 unspecified atom stereocenters. The van der Waals surface area contributed by atoms with E-state index in [9.17, 15) is 19.1 Å². The molecule has 2 amide bonds. The van der Waals surface area contributed by atoms with Gasteiger partial charge in [0.1, 0.15) is 17.0 Å². The number of hydrogen-bond acceptors (Lipinski definition) is 4. The molecule has 0 radical (unpaired) electrons. The second kappa shape index (κ2) is 6.66. The Kier molecular flexibility index (Phi) is 4.06. The van der Waals surface area contributed by atoms with Gasteiger partial charge in [-0.25, -0.2) is 4.39 Å². The molecule has 150 valence electrons. The van der Waals surface area contributed by atoms with Crippen LogP contribution in [0, 0.1) is 5.82 Å². The van der Waals surface area contributed by atoms with Crippen molar-refractivity contribution < 1.29 is 19.1 Å². The first-order valence-electron chi connectivity index (χ1n) is 9.63. The number of carbonyl (C=O) groups is 2. The number of phenols is 1. The lowest BCUT2D eigenvalue weighted by Crippen LogP contribution is -2.42. The SMILES string of the molecule is O=C(c1cc(O)ccc1F)N1CCC2(C(=O)Nc3ccccc32)C1c1cccnc1. The van der Waals surface area contributed by atoms with Gasteiger partial charge in [0.15, 0.2) is 0 Å². The largest absolute Gasteiger partial charge is 0.508 e. The van der Waals surface area contributed by atoms with E-state index >= 15 is 0 Å². The zero-order valence-corrected chi connectivity index (χ0v) is 15.9. The van der Waals surface area contributed by atoms with Gasteiger partial charge in [-0.1, -0.05) is 24.3 Å². The normalized spacial score (nSPS) is 22.2. The molecular formula is C23H18FN3O3. The summed E-state index contributed by atoms with van der Waals surface area (Å²) >= 11 is 0. The molecule has 1 saturated heterocycles. The van der Waals surface area contributed by atoms with Gasteiger partial charge >= 0.3 is 0 Å². The fourth-order valence-electron chi connectivity index (χ4n) is 4.74. The highest BCUT2D eigenvalue weighted by Gasteiger charge is 2.59. The fraction of sp³-hybridized carbons (Fsp3) is 0.174. The Bertz CT molecular complexity index is 1170. The Morgan fingerprint density at radius 2 is 2.03 bits per heavy atom. The van der Waals surface area contributed by atoms with E-state index in [0.717, 1.165) is 17.7 Å². The summed E-state index contributed by atoms with van der Waals surface area (Å²) in [7, 11) is 0. The van der Waals surface area contributed by atoms with Gasteiger partial charge in [0.25, 0.3) is 5.91 Å². The number of anilines is 1. The molecule has 2 aliphatic heterocycles. The van der Waals surface area contributed by atoms with Crippen LogP contribution in [0.25, 0.3) is 0 Å². The second-order valence-corrected chi connectivity index (χ2v) is 7.57. The molecule has 3 aromatic rings. The minimum Gasteiger partial charge on any atom is -0.508 e. The number of benzene rings is 2. The Labute approximate surface area is 172 Å². The number of rotatable bonds is 2. The Morgan fingerprint density at radius 1 is 1.20 bits per heavy atom. The van der Waals surface area contributed by atoms with Crippen LogP contribution in [0.1, 0.15) is 33.9 Å². The summed E-state index contributed by atoms with van der Waals surface area (Å²) in [6, 6.07) is 13.7. The predicted octanol–water partition coefficient (Wildman–Crippen LogP) is 3.40. The van der Waals surface area contributed by atoms with Crippen LogP contribution < -0.4 is 5.32 Å². The van der Waals surface area contributed by atoms with Crippen molar-refractivity contribution in [1.82, 2.24) is 9.88 Å². The van der Waals surface area contributed by atoms with Crippen LogP contribution in [0.4, 0.5) is 10.1 Å². The maximum atomic E-state index is 14.4. The van der Waals surface area contributed by atoms with E-state index in [4.69, 9.17) is 0 Å². The van der Waals surface area contributed by atoms with Crippen LogP contribution in [0.15, 0.2) is 67.0 Å². The molecule has 0 aliphatic carbocycles. The van der Waals surface area contributed by atoms with Crippen molar-refractivity contribution in [3.8, 4) is 5.75 Å². The standard InChI is InChI=1S/C23H18FN3O3/c24-18-8-7-15(28)12-16(18)21(29)27-11-9-23(20(27)14-4-3-10-25-13-14)17-5-1-2-6-19(17)26-22(23)30/h1-8,10,12-13,20,28H,9,11H2,(H,26,30). The van der Waals surface area contributed by atoms with Crippen LogP contribution in [-0.4, -0.2) is 33.3 Å². The molecule has 2 N–H and O–H groups in total. The average Bonchev–Trinajstić information content (AvgIpc) is 3.29. The number of pyridine rings is 1. The van der Waals surface area contributed by atoms with Crippen molar-refractivity contribution in [3.05, 3.63) is 89.5 Å². The van der Waals surface area contributed by atoms with Gasteiger partial charge < -0.3 is 15.3 Å². The van der Waals surface area contributed by atoms with Crippen molar-refractivity contribution in [2.45, 2.75) is 17.9 Å². The molecule has 0 saturated carbocycles. The van der Waals surface area contributed by atoms with Crippen LogP contribution in [0.3, 0.4) is 0 Å². The fourth-order valence-corrected chi connectivity index (χ4v) is 4.74. The topological polar surface area (TPSA) is 82.5 Å². The Hall–Kier alpha value is -3.74. The smallest absolute Gasteiger partial charge is 0.257 e. The van der Waals surface area contributed by atoms with Crippen molar-refractivity contribution in [2.24, 2.45) is 0 Å². The third-order valence-electron chi connectivity index (χ3n) is 6.03. The van der Waals surface area contributed by atoms with E-state index in [2.05, 4.69) is 10.3 Å². The lowest BCUT2D eigenvalue weighted by molar-refractivity contribution is -0.121. The number of nitrogens with one attached hydrogen (secondary N) is 1. The molecule has 5 rings (SSSR count). The summed E-state index contributed by atoms with van der Waals surface area (Å²) in [5.74, 6) is -1.69. The van der Waals surface area contributed by atoms with Crippen LogP contribution >= 0.6 is 0 Å². The molecule has 2 aliphatic rings. The first kappa shape index (κ1) is 18.3. The first-order chi connectivity index (χ1) is 14.5. The minimum absolute atomic E-state index is 0.191. The molecule has 0 bridgehead atoms. The third-order valence-corrected chi connectivity index (χ3v) is 6.03. The van der Waals surface area contributed by atoms with Crippen LogP contribution in [0.5, 0.6) is 5.75 Å². The number of carbonyl (C=O) groups excluding carboxylic acids is 2. The maximum absolute atomic E-state index is 14.4. The highest BCUT2D eigenvalue weighted by Crippen LogP contribution is 2.54. The molecule has 30 heavy (non-hydrogen) atoms. The number of hydrogen-bond donors (Lipinski definition) is 2. The zero-order valence-electron chi connectivity index (χ0n) is 15.9. The summed E-state index contributed by atoms with van der Waals surface area (Å²) < 4.78 is 14.4. The van der Waals surface area contributed by atoms with E-state index in [1.54, 1.807) is 18.5 Å². The van der Waals surface area contributed by atoms with Gasteiger partial charge in [-0.2, -0.15) is 0 Å². The number of amides is 2. The van der Waals surface area contributed by atoms with Gasteiger partial charge in [0, 0.05) is 24.6 Å². The Balaban J connectivity index is 1.68. The van der Waals surface area contributed by atoms with Crippen molar-refractivity contribution in [3.63, 3.8) is 0 Å². The van der Waals surface area contributed by atoms with Gasteiger partial charge in [-0.3, -0.25) is 14.6 Å². The monoisotopic (exact) mass is 403 g/mol. The highest BCUT2D eigenvalue weighted by atomic mass is 19.1. The number of likely N-dealkylation sites (tertiary alicyclic amines) is 1. The second-order valence-electron chi connectivity index (χ2n) is 7.57. The van der Waals surface area contributed by atoms with E-state index in [0.29, 0.717) is 17.7 Å². The molecular weight excluding hydrogens is 385 g/mol. The van der Waals surface area contributed by atoms with E-state index in [1.165, 1.54) is 11.0 Å². The van der Waals surface area contributed by atoms with Gasteiger partial charge in [0.05, 0.1) is 11.6 Å². The van der Waals surface area contributed by atoms with Gasteiger partial charge in [-0.05, 0) is 47.9 Å². The number of aromatic hydroxyl groups is 1. The van der Waals surface area contributed by atoms with Gasteiger partial charge in [-0.15, -0.1) is 0 Å². The molecule has 2 atom stereocenters. The summed E-state index contributed by atoms with van der Waals surface area (Å²) in [4.78, 5) is 32.4. The first-order valence-corrected chi connectivity index (χ1v) is 9.63. The summed E-state index contributed by atoms with van der Waals surface area (Å²) in [6.07, 6.45) is 3.64. The lowest BCUT2D eigenvalue weighted by atomic mass is 9.73. The molecule has 1 fully saturated rings. The molecule has 1 aromatic heterocycles. The zero-order chi connectivity index (χ0) is 20.9. The summed E-state index contributed by atoms with van der Waals surface area (Å²) in [5.41, 5.74) is 0.996. The molecule has 7 heteroatoms. The van der Waals surface area contributed by atoms with Crippen molar-refractivity contribution in [1.29, 1.82) is 0 Å². The molecule has 3 heterocycles. The van der Waals surface area contributed by atoms with Gasteiger partial charge in [0.2, 0.25) is 5.91 Å². The van der Waals surface area contributed by atoms with Crippen molar-refractivity contribution in [2.75, 3.05) is 11.9 Å². The maximum Gasteiger partial charge on any atom is 0.257 e.